The van der Waals surface area contributed by atoms with Gasteiger partial charge in [-0.1, -0.05) is 47.0 Å². The molecule has 0 aliphatic rings. The lowest BCUT2D eigenvalue weighted by Crippen LogP contribution is -2.38. The third-order valence-electron chi connectivity index (χ3n) is 3.88. The summed E-state index contributed by atoms with van der Waals surface area (Å²) in [6.45, 7) is 12.8. The number of ether oxygens (including phenoxy) is 1. The van der Waals surface area contributed by atoms with Crippen LogP contribution >= 0.6 is 0 Å². The quantitative estimate of drug-likeness (QED) is 0.574. The Morgan fingerprint density at radius 3 is 2.32 bits per heavy atom. The van der Waals surface area contributed by atoms with Crippen LogP contribution in [0, 0.1) is 11.8 Å². The molecule has 0 heterocycles. The van der Waals surface area contributed by atoms with E-state index in [0.29, 0.717) is 31.0 Å². The minimum Gasteiger partial charge on any atom is -0.389 e. The van der Waals surface area contributed by atoms with Crippen LogP contribution < -0.4 is 5.32 Å². The Kier molecular flexibility index (Phi) is 11.6. The van der Waals surface area contributed by atoms with Gasteiger partial charge in [0.2, 0.25) is 0 Å². The van der Waals surface area contributed by atoms with Gasteiger partial charge < -0.3 is 15.2 Å². The first-order valence-electron chi connectivity index (χ1n) is 8.00. The largest absolute Gasteiger partial charge is 0.389 e. The van der Waals surface area contributed by atoms with Crippen molar-refractivity contribution in [2.75, 3.05) is 19.8 Å². The zero-order valence-electron chi connectivity index (χ0n) is 13.6. The molecule has 0 aromatic carbocycles. The summed E-state index contributed by atoms with van der Waals surface area (Å²) < 4.78 is 5.65. The van der Waals surface area contributed by atoms with Gasteiger partial charge in [-0.15, -0.1) is 0 Å². The van der Waals surface area contributed by atoms with E-state index in [4.69, 9.17) is 4.74 Å². The fraction of sp³-hybridized carbons (Fsp3) is 1.00. The van der Waals surface area contributed by atoms with Crippen LogP contribution in [0.4, 0.5) is 0 Å². The van der Waals surface area contributed by atoms with Gasteiger partial charge >= 0.3 is 0 Å². The molecule has 0 aliphatic heterocycles. The van der Waals surface area contributed by atoms with Crippen LogP contribution in [0.3, 0.4) is 0 Å². The fourth-order valence-corrected chi connectivity index (χ4v) is 1.89. The Balaban J connectivity index is 3.63. The predicted octanol–water partition coefficient (Wildman–Crippen LogP) is 3.21. The minimum atomic E-state index is -0.398. The van der Waals surface area contributed by atoms with Crippen molar-refractivity contribution in [2.24, 2.45) is 11.8 Å². The molecule has 0 fully saturated rings. The van der Waals surface area contributed by atoms with E-state index in [-0.39, 0.29) is 0 Å². The lowest BCUT2D eigenvalue weighted by molar-refractivity contribution is 0.0179. The van der Waals surface area contributed by atoms with E-state index < -0.39 is 6.10 Å². The van der Waals surface area contributed by atoms with Crippen LogP contribution in [0.5, 0.6) is 0 Å². The second-order valence-corrected chi connectivity index (χ2v) is 6.05. The van der Waals surface area contributed by atoms with E-state index in [9.17, 15) is 5.11 Å². The van der Waals surface area contributed by atoms with Crippen molar-refractivity contribution < 1.29 is 9.84 Å². The molecule has 3 heteroatoms. The molecule has 0 spiro atoms. The van der Waals surface area contributed by atoms with Gasteiger partial charge in [-0.25, -0.2) is 0 Å². The topological polar surface area (TPSA) is 41.5 Å². The molecule has 0 aromatic rings. The number of hydrogen-bond acceptors (Lipinski definition) is 3. The molecular formula is C16H35NO2. The molecular weight excluding hydrogens is 238 g/mol. The Morgan fingerprint density at radius 2 is 1.79 bits per heavy atom. The SMILES string of the molecule is CCCCC(CC)COCC(O)CNC(C)C(C)C. The van der Waals surface area contributed by atoms with Crippen LogP contribution in [0.25, 0.3) is 0 Å². The Morgan fingerprint density at radius 1 is 1.11 bits per heavy atom. The molecule has 0 radical (unpaired) electrons. The predicted molar refractivity (Wildman–Crippen MR) is 82.4 cm³/mol. The third kappa shape index (κ3) is 10.3. The molecule has 0 bridgehead atoms. The first-order valence-corrected chi connectivity index (χ1v) is 8.00. The number of nitrogens with one attached hydrogen (secondary N) is 1. The van der Waals surface area contributed by atoms with E-state index in [1.54, 1.807) is 0 Å². The Labute approximate surface area is 120 Å². The van der Waals surface area contributed by atoms with Gasteiger partial charge in [-0.3, -0.25) is 0 Å². The van der Waals surface area contributed by atoms with Crippen LogP contribution in [0.1, 0.15) is 60.3 Å². The average Bonchev–Trinajstić information content (AvgIpc) is 2.39. The second kappa shape index (κ2) is 11.7. The van der Waals surface area contributed by atoms with Crippen molar-refractivity contribution in [1.82, 2.24) is 5.32 Å². The monoisotopic (exact) mass is 273 g/mol. The lowest BCUT2D eigenvalue weighted by atomic mass is 10.0. The van der Waals surface area contributed by atoms with Crippen LogP contribution in [0.15, 0.2) is 0 Å². The van der Waals surface area contributed by atoms with Gasteiger partial charge in [-0.2, -0.15) is 0 Å². The van der Waals surface area contributed by atoms with E-state index in [1.807, 2.05) is 0 Å². The van der Waals surface area contributed by atoms with Gasteiger partial charge in [0, 0.05) is 19.2 Å². The van der Waals surface area contributed by atoms with Crippen molar-refractivity contribution in [1.29, 1.82) is 0 Å². The summed E-state index contributed by atoms with van der Waals surface area (Å²) >= 11 is 0. The van der Waals surface area contributed by atoms with E-state index in [2.05, 4.69) is 39.9 Å². The lowest BCUT2D eigenvalue weighted by Gasteiger charge is -2.21. The van der Waals surface area contributed by atoms with E-state index >= 15 is 0 Å². The summed E-state index contributed by atoms with van der Waals surface area (Å²) in [6, 6.07) is 0.433. The van der Waals surface area contributed by atoms with Crippen LogP contribution in [-0.4, -0.2) is 37.0 Å². The molecule has 19 heavy (non-hydrogen) atoms. The molecule has 0 saturated heterocycles. The molecule has 3 nitrogen and oxygen atoms in total. The Bertz CT molecular complexity index is 197. The second-order valence-electron chi connectivity index (χ2n) is 6.05. The summed E-state index contributed by atoms with van der Waals surface area (Å²) in [4.78, 5) is 0. The van der Waals surface area contributed by atoms with Crippen molar-refractivity contribution in [3.8, 4) is 0 Å². The molecule has 0 amide bonds. The summed E-state index contributed by atoms with van der Waals surface area (Å²) in [6.07, 6.45) is 4.53. The molecule has 0 aromatic heterocycles. The van der Waals surface area contributed by atoms with Crippen molar-refractivity contribution >= 4 is 0 Å². The van der Waals surface area contributed by atoms with Crippen LogP contribution in [-0.2, 0) is 4.74 Å². The maximum atomic E-state index is 9.85. The summed E-state index contributed by atoms with van der Waals surface area (Å²) in [5, 5.41) is 13.2. The molecule has 0 saturated carbocycles. The maximum absolute atomic E-state index is 9.85. The smallest absolute Gasteiger partial charge is 0.0897 e. The zero-order chi connectivity index (χ0) is 14.7. The highest BCUT2D eigenvalue weighted by atomic mass is 16.5. The minimum absolute atomic E-state index is 0.398. The molecule has 116 valence electrons. The van der Waals surface area contributed by atoms with Crippen molar-refractivity contribution in [3.05, 3.63) is 0 Å². The third-order valence-corrected chi connectivity index (χ3v) is 3.88. The fourth-order valence-electron chi connectivity index (χ4n) is 1.89. The average molecular weight is 273 g/mol. The van der Waals surface area contributed by atoms with Gasteiger partial charge in [0.05, 0.1) is 12.7 Å². The zero-order valence-corrected chi connectivity index (χ0v) is 13.6. The van der Waals surface area contributed by atoms with E-state index in [0.717, 1.165) is 6.61 Å². The summed E-state index contributed by atoms with van der Waals surface area (Å²) in [5.74, 6) is 1.24. The highest BCUT2D eigenvalue weighted by molar-refractivity contribution is 4.68. The van der Waals surface area contributed by atoms with Crippen molar-refractivity contribution in [2.45, 2.75) is 72.4 Å². The molecule has 0 rings (SSSR count). The number of hydrogen-bond donors (Lipinski definition) is 2. The summed E-state index contributed by atoms with van der Waals surface area (Å²) in [7, 11) is 0. The number of rotatable bonds is 12. The number of unbranched alkanes of at least 4 members (excludes halogenated alkanes) is 1. The number of aliphatic hydroxyl groups is 1. The first-order chi connectivity index (χ1) is 9.01. The van der Waals surface area contributed by atoms with Gasteiger partial charge in [0.25, 0.3) is 0 Å². The molecule has 3 unspecified atom stereocenters. The van der Waals surface area contributed by atoms with Gasteiger partial charge in [0.1, 0.15) is 0 Å². The summed E-state index contributed by atoms with van der Waals surface area (Å²) in [5.41, 5.74) is 0. The van der Waals surface area contributed by atoms with Gasteiger partial charge in [0.15, 0.2) is 0 Å². The molecule has 2 N–H and O–H groups in total. The van der Waals surface area contributed by atoms with Crippen LogP contribution in [0.2, 0.25) is 0 Å². The normalized spacial score (nSPS) is 16.6. The highest BCUT2D eigenvalue weighted by Gasteiger charge is 2.11. The molecule has 3 atom stereocenters. The number of aliphatic hydroxyl groups excluding tert-OH is 1. The maximum Gasteiger partial charge on any atom is 0.0897 e. The standard InChI is InChI=1S/C16H35NO2/c1-6-8-9-15(7-2)11-19-12-16(18)10-17-14(5)13(3)4/h13-18H,6-12H2,1-5H3. The first kappa shape index (κ1) is 18.9. The highest BCUT2D eigenvalue weighted by Crippen LogP contribution is 2.12. The van der Waals surface area contributed by atoms with Gasteiger partial charge in [-0.05, 0) is 25.2 Å². The van der Waals surface area contributed by atoms with E-state index in [1.165, 1.54) is 25.7 Å². The Hall–Kier alpha value is -0.120. The molecule has 0 aliphatic carbocycles. The van der Waals surface area contributed by atoms with Crippen molar-refractivity contribution in [3.63, 3.8) is 0 Å².